The lowest BCUT2D eigenvalue weighted by Gasteiger charge is -2.32. The van der Waals surface area contributed by atoms with Crippen molar-refractivity contribution in [3.8, 4) is 0 Å². The number of nitrogens with zero attached hydrogens (tertiary/aromatic N) is 1. The van der Waals surface area contributed by atoms with Crippen molar-refractivity contribution in [3.63, 3.8) is 0 Å². The van der Waals surface area contributed by atoms with Gasteiger partial charge < -0.3 is 10.2 Å². The first-order valence-corrected chi connectivity index (χ1v) is 6.38. The molecule has 0 radical (unpaired) electrons. The van der Waals surface area contributed by atoms with Gasteiger partial charge in [0, 0.05) is 6.04 Å². The van der Waals surface area contributed by atoms with Crippen LogP contribution in [0.3, 0.4) is 0 Å². The molecule has 0 bridgehead atoms. The molecule has 3 rings (SSSR count). The summed E-state index contributed by atoms with van der Waals surface area (Å²) in [6.45, 7) is 3.77. The maximum Gasteiger partial charge on any atom is 0.299 e. The van der Waals surface area contributed by atoms with E-state index < -0.39 is 0 Å². The van der Waals surface area contributed by atoms with Gasteiger partial charge in [-0.3, -0.25) is 9.59 Å². The Bertz CT molecular complexity index is 519. The molecule has 4 nitrogen and oxygen atoms in total. The van der Waals surface area contributed by atoms with Gasteiger partial charge in [-0.15, -0.1) is 0 Å². The summed E-state index contributed by atoms with van der Waals surface area (Å²) in [5.74, 6) is -0.710. The van der Waals surface area contributed by atoms with E-state index in [0.717, 1.165) is 37.2 Å². The van der Waals surface area contributed by atoms with Crippen LogP contribution in [0.15, 0.2) is 18.2 Å². The molecule has 2 heterocycles. The Morgan fingerprint density at radius 1 is 1.22 bits per heavy atom. The Balaban J connectivity index is 2.06. The summed E-state index contributed by atoms with van der Waals surface area (Å²) in [6, 6.07) is 5.71. The number of Topliss-reactive ketones (excluding diaryl/α,β-unsaturated/α-hetero) is 1. The fourth-order valence-electron chi connectivity index (χ4n) is 2.90. The minimum absolute atomic E-state index is 0.157. The Morgan fingerprint density at radius 3 is 2.67 bits per heavy atom. The summed E-state index contributed by atoms with van der Waals surface area (Å²) in [4.78, 5) is 25.9. The normalized spacial score (nSPS) is 20.4. The van der Waals surface area contributed by atoms with E-state index >= 15 is 0 Å². The van der Waals surface area contributed by atoms with Crippen molar-refractivity contribution in [1.29, 1.82) is 0 Å². The molecular formula is C14H16N2O2. The van der Waals surface area contributed by atoms with Crippen molar-refractivity contribution >= 4 is 17.4 Å². The topological polar surface area (TPSA) is 49.4 Å². The van der Waals surface area contributed by atoms with Crippen molar-refractivity contribution in [2.75, 3.05) is 18.0 Å². The van der Waals surface area contributed by atoms with E-state index in [9.17, 15) is 9.59 Å². The van der Waals surface area contributed by atoms with Crippen LogP contribution in [0, 0.1) is 6.92 Å². The highest BCUT2D eigenvalue weighted by Crippen LogP contribution is 2.35. The molecule has 1 aromatic carbocycles. The molecule has 18 heavy (non-hydrogen) atoms. The fourth-order valence-corrected chi connectivity index (χ4v) is 2.90. The standard InChI is InChI=1S/C14H16N2O2/c1-9-3-2-4-11-12(9)16(14(18)13(11)17)10-5-7-15-8-6-10/h2-4,10,15H,5-8H2,1H3. The molecule has 0 aromatic heterocycles. The molecular weight excluding hydrogens is 228 g/mol. The summed E-state index contributed by atoms with van der Waals surface area (Å²) < 4.78 is 0. The Kier molecular flexibility index (Phi) is 2.67. The average molecular weight is 244 g/mol. The molecule has 4 heteroatoms. The number of piperidine rings is 1. The first kappa shape index (κ1) is 11.4. The number of amides is 1. The van der Waals surface area contributed by atoms with Gasteiger partial charge in [0.2, 0.25) is 0 Å². The van der Waals surface area contributed by atoms with Crippen LogP contribution >= 0.6 is 0 Å². The molecule has 0 aliphatic carbocycles. The zero-order chi connectivity index (χ0) is 12.7. The molecule has 1 aromatic rings. The highest BCUT2D eigenvalue weighted by atomic mass is 16.2. The van der Waals surface area contributed by atoms with E-state index in [-0.39, 0.29) is 17.7 Å². The molecule has 0 atom stereocenters. The second kappa shape index (κ2) is 4.21. The summed E-state index contributed by atoms with van der Waals surface area (Å²) in [6.07, 6.45) is 1.82. The van der Waals surface area contributed by atoms with E-state index in [1.807, 2.05) is 19.1 Å². The van der Waals surface area contributed by atoms with Crippen LogP contribution in [-0.4, -0.2) is 30.8 Å². The largest absolute Gasteiger partial charge is 0.317 e. The first-order chi connectivity index (χ1) is 8.70. The zero-order valence-electron chi connectivity index (χ0n) is 10.4. The zero-order valence-corrected chi connectivity index (χ0v) is 10.4. The lowest BCUT2D eigenvalue weighted by Crippen LogP contribution is -2.45. The number of hydrogen-bond donors (Lipinski definition) is 1. The van der Waals surface area contributed by atoms with Crippen LogP contribution in [0.2, 0.25) is 0 Å². The third kappa shape index (κ3) is 1.56. The molecule has 1 N–H and O–H groups in total. The number of carbonyl (C=O) groups excluding carboxylic acids is 2. The number of aryl methyl sites for hydroxylation is 1. The number of rotatable bonds is 1. The summed E-state index contributed by atoms with van der Waals surface area (Å²) in [5.41, 5.74) is 2.41. The van der Waals surface area contributed by atoms with Gasteiger partial charge in [0.25, 0.3) is 11.7 Å². The molecule has 94 valence electrons. The van der Waals surface area contributed by atoms with E-state index in [1.165, 1.54) is 0 Å². The van der Waals surface area contributed by atoms with Gasteiger partial charge in [-0.25, -0.2) is 0 Å². The Morgan fingerprint density at radius 2 is 1.94 bits per heavy atom. The Labute approximate surface area is 106 Å². The van der Waals surface area contributed by atoms with E-state index in [0.29, 0.717) is 5.56 Å². The van der Waals surface area contributed by atoms with Gasteiger partial charge in [0.1, 0.15) is 0 Å². The second-order valence-electron chi connectivity index (χ2n) is 4.96. The molecule has 2 aliphatic rings. The quantitative estimate of drug-likeness (QED) is 0.757. The predicted molar refractivity (Wildman–Crippen MR) is 68.9 cm³/mol. The number of para-hydroxylation sites is 1. The highest BCUT2D eigenvalue weighted by molar-refractivity contribution is 6.52. The molecule has 0 spiro atoms. The van der Waals surface area contributed by atoms with Crippen LogP contribution in [-0.2, 0) is 4.79 Å². The van der Waals surface area contributed by atoms with Gasteiger partial charge in [-0.2, -0.15) is 0 Å². The Hall–Kier alpha value is -1.68. The van der Waals surface area contributed by atoms with Gasteiger partial charge in [0.15, 0.2) is 0 Å². The van der Waals surface area contributed by atoms with Crippen LogP contribution < -0.4 is 10.2 Å². The number of ketones is 1. The third-order valence-electron chi connectivity index (χ3n) is 3.81. The van der Waals surface area contributed by atoms with E-state index in [4.69, 9.17) is 0 Å². The van der Waals surface area contributed by atoms with Gasteiger partial charge in [-0.1, -0.05) is 12.1 Å². The molecule has 2 aliphatic heterocycles. The number of nitrogens with one attached hydrogen (secondary N) is 1. The maximum atomic E-state index is 12.2. The highest BCUT2D eigenvalue weighted by Gasteiger charge is 2.40. The number of hydrogen-bond acceptors (Lipinski definition) is 3. The van der Waals surface area contributed by atoms with Crippen LogP contribution in [0.1, 0.15) is 28.8 Å². The van der Waals surface area contributed by atoms with Crippen molar-refractivity contribution in [3.05, 3.63) is 29.3 Å². The maximum absolute atomic E-state index is 12.2. The van der Waals surface area contributed by atoms with Crippen molar-refractivity contribution < 1.29 is 9.59 Å². The van der Waals surface area contributed by atoms with Gasteiger partial charge in [-0.05, 0) is 44.5 Å². The van der Waals surface area contributed by atoms with Crippen molar-refractivity contribution in [1.82, 2.24) is 5.32 Å². The lowest BCUT2D eigenvalue weighted by atomic mass is 10.0. The SMILES string of the molecule is Cc1cccc2c1N(C1CCNCC1)C(=O)C2=O. The van der Waals surface area contributed by atoms with Crippen molar-refractivity contribution in [2.24, 2.45) is 0 Å². The summed E-state index contributed by atoms with van der Waals surface area (Å²) in [5, 5.41) is 3.28. The lowest BCUT2D eigenvalue weighted by molar-refractivity contribution is -0.114. The van der Waals surface area contributed by atoms with E-state index in [2.05, 4.69) is 5.32 Å². The number of benzene rings is 1. The minimum atomic E-state index is -0.355. The number of anilines is 1. The van der Waals surface area contributed by atoms with Gasteiger partial charge >= 0.3 is 0 Å². The fraction of sp³-hybridized carbons (Fsp3) is 0.429. The second-order valence-corrected chi connectivity index (χ2v) is 4.96. The monoisotopic (exact) mass is 244 g/mol. The number of carbonyl (C=O) groups is 2. The van der Waals surface area contributed by atoms with E-state index in [1.54, 1.807) is 11.0 Å². The third-order valence-corrected chi connectivity index (χ3v) is 3.81. The van der Waals surface area contributed by atoms with Crippen LogP contribution in [0.4, 0.5) is 5.69 Å². The smallest absolute Gasteiger partial charge is 0.299 e. The van der Waals surface area contributed by atoms with Crippen LogP contribution in [0.5, 0.6) is 0 Å². The summed E-state index contributed by atoms with van der Waals surface area (Å²) in [7, 11) is 0. The molecule has 1 fully saturated rings. The molecule has 1 saturated heterocycles. The summed E-state index contributed by atoms with van der Waals surface area (Å²) >= 11 is 0. The molecule has 0 unspecified atom stereocenters. The minimum Gasteiger partial charge on any atom is -0.317 e. The molecule has 1 amide bonds. The number of fused-ring (bicyclic) bond motifs is 1. The average Bonchev–Trinajstić information content (AvgIpc) is 2.65. The first-order valence-electron chi connectivity index (χ1n) is 6.38. The van der Waals surface area contributed by atoms with Gasteiger partial charge in [0.05, 0.1) is 11.3 Å². The molecule has 0 saturated carbocycles. The van der Waals surface area contributed by atoms with Crippen LogP contribution in [0.25, 0.3) is 0 Å². The van der Waals surface area contributed by atoms with Crippen molar-refractivity contribution in [2.45, 2.75) is 25.8 Å². The predicted octanol–water partition coefficient (Wildman–Crippen LogP) is 1.28.